The fourth-order valence-corrected chi connectivity index (χ4v) is 4.42. The topological polar surface area (TPSA) is 52.2 Å². The Hall–Kier alpha value is -3.52. The van der Waals surface area contributed by atoms with Crippen molar-refractivity contribution in [3.63, 3.8) is 0 Å². The maximum Gasteiger partial charge on any atom is 0.267 e. The van der Waals surface area contributed by atoms with Crippen LogP contribution in [-0.2, 0) is 5.75 Å². The molecule has 0 aliphatic rings. The van der Waals surface area contributed by atoms with Gasteiger partial charge in [-0.1, -0.05) is 53.7 Å². The second-order valence-corrected chi connectivity index (χ2v) is 8.06. The molecule has 3 aromatic carbocycles. The van der Waals surface area contributed by atoms with Crippen LogP contribution in [0.25, 0.3) is 22.4 Å². The van der Waals surface area contributed by atoms with Crippen LogP contribution in [0.15, 0.2) is 76.7 Å². The number of hydrogen-bond acceptors (Lipinski definition) is 4. The first-order valence-electron chi connectivity index (χ1n) is 9.56. The molecule has 0 atom stereocenters. The van der Waals surface area contributed by atoms with E-state index in [2.05, 4.69) is 10.2 Å². The van der Waals surface area contributed by atoms with Crippen molar-refractivity contribution in [3.05, 3.63) is 99.8 Å². The van der Waals surface area contributed by atoms with Crippen molar-refractivity contribution in [2.75, 3.05) is 0 Å². The van der Waals surface area contributed by atoms with E-state index in [-0.39, 0.29) is 16.9 Å². The van der Waals surface area contributed by atoms with Gasteiger partial charge in [0.05, 0.1) is 16.6 Å². The fraction of sp³-hybridized carbons (Fsp3) is 0.0870. The van der Waals surface area contributed by atoms with Crippen LogP contribution >= 0.6 is 11.8 Å². The third-order valence-electron chi connectivity index (χ3n) is 5.08. The van der Waals surface area contributed by atoms with Crippen molar-refractivity contribution in [2.24, 2.45) is 0 Å². The number of halogens is 2. The van der Waals surface area contributed by atoms with Crippen molar-refractivity contribution in [2.45, 2.75) is 17.8 Å². The molecule has 0 radical (unpaired) electrons. The third kappa shape index (κ3) is 3.29. The molecule has 0 aliphatic heterocycles. The minimum absolute atomic E-state index is 0.169. The summed E-state index contributed by atoms with van der Waals surface area (Å²) in [6.45, 7) is 1.97. The molecule has 0 saturated heterocycles. The molecule has 154 valence electrons. The maximum atomic E-state index is 14.1. The third-order valence-corrected chi connectivity index (χ3v) is 6.05. The highest BCUT2D eigenvalue weighted by molar-refractivity contribution is 7.98. The van der Waals surface area contributed by atoms with Gasteiger partial charge < -0.3 is 0 Å². The average Bonchev–Trinajstić information content (AvgIpc) is 3.20. The SMILES string of the molecule is Cc1ccc(-n2c(=O)c3ccccc3n3c(SCc4cccc(F)c4F)nnc23)cc1. The van der Waals surface area contributed by atoms with Gasteiger partial charge in [-0.15, -0.1) is 10.2 Å². The molecule has 2 aromatic heterocycles. The van der Waals surface area contributed by atoms with Crippen LogP contribution in [0.1, 0.15) is 11.1 Å². The summed E-state index contributed by atoms with van der Waals surface area (Å²) in [5.41, 5.74) is 2.43. The van der Waals surface area contributed by atoms with E-state index in [9.17, 15) is 13.6 Å². The lowest BCUT2D eigenvalue weighted by molar-refractivity contribution is 0.502. The summed E-state index contributed by atoms with van der Waals surface area (Å²) in [6, 6.07) is 18.9. The lowest BCUT2D eigenvalue weighted by Crippen LogP contribution is -2.21. The number of benzene rings is 3. The van der Waals surface area contributed by atoms with Crippen molar-refractivity contribution in [1.82, 2.24) is 19.2 Å². The average molecular weight is 434 g/mol. The van der Waals surface area contributed by atoms with Gasteiger partial charge in [0.25, 0.3) is 5.56 Å². The number of thioether (sulfide) groups is 1. The second-order valence-electron chi connectivity index (χ2n) is 7.11. The van der Waals surface area contributed by atoms with Gasteiger partial charge in [0.2, 0.25) is 5.78 Å². The minimum Gasteiger partial charge on any atom is -0.268 e. The molecule has 0 fully saturated rings. The Balaban J connectivity index is 1.70. The monoisotopic (exact) mass is 434 g/mol. The lowest BCUT2D eigenvalue weighted by Gasteiger charge is -2.11. The number of aromatic nitrogens is 4. The van der Waals surface area contributed by atoms with Gasteiger partial charge in [0.1, 0.15) is 0 Å². The van der Waals surface area contributed by atoms with E-state index >= 15 is 0 Å². The molecule has 5 rings (SSSR count). The number of hydrogen-bond donors (Lipinski definition) is 0. The quantitative estimate of drug-likeness (QED) is 0.377. The number of aryl methyl sites for hydroxylation is 1. The first-order valence-corrected chi connectivity index (χ1v) is 10.5. The Labute approximate surface area is 180 Å². The van der Waals surface area contributed by atoms with Crippen LogP contribution in [0, 0.1) is 18.6 Å². The van der Waals surface area contributed by atoms with E-state index in [4.69, 9.17) is 0 Å². The molecular weight excluding hydrogens is 418 g/mol. The van der Waals surface area contributed by atoms with E-state index in [1.165, 1.54) is 28.5 Å². The highest BCUT2D eigenvalue weighted by Crippen LogP contribution is 2.27. The fourth-order valence-electron chi connectivity index (χ4n) is 3.50. The summed E-state index contributed by atoms with van der Waals surface area (Å²) in [4.78, 5) is 13.3. The van der Waals surface area contributed by atoms with Gasteiger partial charge in [-0.25, -0.2) is 13.3 Å². The van der Waals surface area contributed by atoms with Gasteiger partial charge >= 0.3 is 0 Å². The molecule has 0 saturated carbocycles. The smallest absolute Gasteiger partial charge is 0.267 e. The Morgan fingerprint density at radius 2 is 1.71 bits per heavy atom. The zero-order valence-corrected chi connectivity index (χ0v) is 17.2. The van der Waals surface area contributed by atoms with Gasteiger partial charge in [-0.05, 0) is 37.3 Å². The number of rotatable bonds is 4. The maximum absolute atomic E-state index is 14.1. The van der Waals surface area contributed by atoms with E-state index < -0.39 is 11.6 Å². The Kier molecular flexibility index (Phi) is 4.78. The number of fused-ring (bicyclic) bond motifs is 3. The zero-order chi connectivity index (χ0) is 21.5. The van der Waals surface area contributed by atoms with Crippen LogP contribution in [-0.4, -0.2) is 19.2 Å². The normalized spacial score (nSPS) is 11.5. The zero-order valence-electron chi connectivity index (χ0n) is 16.4. The van der Waals surface area contributed by atoms with Crippen molar-refractivity contribution >= 4 is 28.4 Å². The molecule has 0 aliphatic carbocycles. The Morgan fingerprint density at radius 3 is 2.52 bits per heavy atom. The Bertz CT molecular complexity index is 1490. The predicted octanol–water partition coefficient (Wildman–Crippen LogP) is 4.91. The molecule has 0 amide bonds. The summed E-state index contributed by atoms with van der Waals surface area (Å²) in [6.07, 6.45) is 0. The summed E-state index contributed by atoms with van der Waals surface area (Å²) in [7, 11) is 0. The molecular formula is C23H16F2N4OS. The molecule has 0 N–H and O–H groups in total. The summed E-state index contributed by atoms with van der Waals surface area (Å²) >= 11 is 1.23. The van der Waals surface area contributed by atoms with Crippen LogP contribution in [0.2, 0.25) is 0 Å². The highest BCUT2D eigenvalue weighted by Gasteiger charge is 2.18. The molecule has 8 heteroatoms. The van der Waals surface area contributed by atoms with E-state index in [0.29, 0.717) is 27.5 Å². The van der Waals surface area contributed by atoms with Gasteiger partial charge in [0, 0.05) is 11.3 Å². The second kappa shape index (κ2) is 7.63. The molecule has 31 heavy (non-hydrogen) atoms. The van der Waals surface area contributed by atoms with Gasteiger partial charge in [-0.2, -0.15) is 0 Å². The van der Waals surface area contributed by atoms with Crippen LogP contribution in [0.5, 0.6) is 0 Å². The van der Waals surface area contributed by atoms with Crippen LogP contribution in [0.4, 0.5) is 8.78 Å². The van der Waals surface area contributed by atoms with Crippen molar-refractivity contribution < 1.29 is 8.78 Å². The predicted molar refractivity (Wildman–Crippen MR) is 117 cm³/mol. The first-order chi connectivity index (χ1) is 15.0. The summed E-state index contributed by atoms with van der Waals surface area (Å²) < 4.78 is 30.9. The van der Waals surface area contributed by atoms with E-state index in [1.54, 1.807) is 16.5 Å². The molecule has 5 aromatic rings. The Morgan fingerprint density at radius 1 is 0.935 bits per heavy atom. The number of para-hydroxylation sites is 1. The number of nitrogens with zero attached hydrogens (tertiary/aromatic N) is 4. The van der Waals surface area contributed by atoms with E-state index in [1.807, 2.05) is 43.3 Å². The summed E-state index contributed by atoms with van der Waals surface area (Å²) in [5, 5.41) is 9.52. The first kappa shape index (κ1) is 19.4. The lowest BCUT2D eigenvalue weighted by atomic mass is 10.2. The minimum atomic E-state index is -0.886. The molecule has 0 unspecified atom stereocenters. The largest absolute Gasteiger partial charge is 0.268 e. The molecule has 0 bridgehead atoms. The molecule has 0 spiro atoms. The van der Waals surface area contributed by atoms with Gasteiger partial charge in [-0.3, -0.25) is 9.20 Å². The standard InChI is InChI=1S/C23H16F2N4OS/c1-14-9-11-16(12-10-14)28-21(30)17-6-2-3-8-19(17)29-22(28)26-27-23(29)31-13-15-5-4-7-18(24)20(15)25/h2-12H,13H2,1H3. The highest BCUT2D eigenvalue weighted by atomic mass is 32.2. The van der Waals surface area contributed by atoms with Crippen LogP contribution in [0.3, 0.4) is 0 Å². The van der Waals surface area contributed by atoms with Crippen LogP contribution < -0.4 is 5.56 Å². The van der Waals surface area contributed by atoms with Crippen molar-refractivity contribution in [3.8, 4) is 5.69 Å². The molecule has 5 nitrogen and oxygen atoms in total. The molecule has 2 heterocycles. The van der Waals surface area contributed by atoms with Gasteiger partial charge in [0.15, 0.2) is 16.8 Å². The van der Waals surface area contributed by atoms with Crippen molar-refractivity contribution in [1.29, 1.82) is 0 Å². The van der Waals surface area contributed by atoms with E-state index in [0.717, 1.165) is 11.6 Å². The summed E-state index contributed by atoms with van der Waals surface area (Å²) in [5.74, 6) is -1.23.